The van der Waals surface area contributed by atoms with Crippen molar-refractivity contribution >= 4 is 16.7 Å². The largest absolute Gasteiger partial charge is 0.327 e. The van der Waals surface area contributed by atoms with Gasteiger partial charge in [0.05, 0.1) is 16.0 Å². The lowest BCUT2D eigenvalue weighted by atomic mass is 10.2. The van der Waals surface area contributed by atoms with Crippen molar-refractivity contribution in [1.29, 1.82) is 0 Å². The summed E-state index contributed by atoms with van der Waals surface area (Å²) in [6.45, 7) is 0. The molecule has 0 spiro atoms. The van der Waals surface area contributed by atoms with E-state index in [1.54, 1.807) is 18.5 Å². The topological polar surface area (TPSA) is 73.8 Å². The Kier molecular flexibility index (Phi) is 2.49. The van der Waals surface area contributed by atoms with Gasteiger partial charge in [0.1, 0.15) is 5.82 Å². The molecule has 3 aromatic rings. The van der Waals surface area contributed by atoms with Gasteiger partial charge < -0.3 is 4.57 Å². The zero-order chi connectivity index (χ0) is 13.4. The zero-order valence-corrected chi connectivity index (χ0v) is 10.1. The molecule has 6 nitrogen and oxygen atoms in total. The Morgan fingerprint density at radius 3 is 2.63 bits per heavy atom. The van der Waals surface area contributed by atoms with E-state index < -0.39 is 4.92 Å². The van der Waals surface area contributed by atoms with Gasteiger partial charge in [-0.05, 0) is 18.2 Å². The molecule has 0 N–H and O–H groups in total. The number of hydrogen-bond donors (Lipinski definition) is 0. The fourth-order valence-electron chi connectivity index (χ4n) is 2.05. The summed E-state index contributed by atoms with van der Waals surface area (Å²) in [5, 5.41) is 10.8. The highest BCUT2D eigenvalue weighted by Gasteiger charge is 2.13. The molecular weight excluding hydrogens is 244 g/mol. The van der Waals surface area contributed by atoms with Crippen molar-refractivity contribution in [2.75, 3.05) is 0 Å². The van der Waals surface area contributed by atoms with Crippen LogP contribution in [0.5, 0.6) is 0 Å². The smallest absolute Gasteiger partial charge is 0.271 e. The molecule has 2 aromatic heterocycles. The Balaban J connectivity index is 2.24. The predicted molar refractivity (Wildman–Crippen MR) is 70.6 cm³/mol. The Morgan fingerprint density at radius 2 is 1.95 bits per heavy atom. The van der Waals surface area contributed by atoms with E-state index in [0.29, 0.717) is 0 Å². The van der Waals surface area contributed by atoms with Crippen LogP contribution in [-0.2, 0) is 7.05 Å². The number of non-ortho nitro benzene ring substituents is 1. The minimum Gasteiger partial charge on any atom is -0.327 e. The monoisotopic (exact) mass is 254 g/mol. The van der Waals surface area contributed by atoms with Gasteiger partial charge in [0, 0.05) is 37.1 Å². The number of aryl methyl sites for hydroxylation is 1. The van der Waals surface area contributed by atoms with Crippen molar-refractivity contribution in [1.82, 2.24) is 14.5 Å². The van der Waals surface area contributed by atoms with E-state index in [-0.39, 0.29) is 5.69 Å². The number of fused-ring (bicyclic) bond motifs is 1. The van der Waals surface area contributed by atoms with E-state index in [0.717, 1.165) is 22.4 Å². The summed E-state index contributed by atoms with van der Waals surface area (Å²) in [7, 11) is 1.84. The highest BCUT2D eigenvalue weighted by molar-refractivity contribution is 5.82. The molecule has 3 rings (SSSR count). The van der Waals surface area contributed by atoms with Crippen LogP contribution in [0.2, 0.25) is 0 Å². The van der Waals surface area contributed by atoms with Crippen LogP contribution in [0.3, 0.4) is 0 Å². The number of aromatic nitrogens is 3. The van der Waals surface area contributed by atoms with Crippen LogP contribution in [0.25, 0.3) is 22.4 Å². The Labute approximate surface area is 108 Å². The van der Waals surface area contributed by atoms with Crippen molar-refractivity contribution in [2.24, 2.45) is 7.05 Å². The van der Waals surface area contributed by atoms with E-state index in [4.69, 9.17) is 0 Å². The van der Waals surface area contributed by atoms with Gasteiger partial charge in [0.2, 0.25) is 0 Å². The molecule has 0 saturated heterocycles. The van der Waals surface area contributed by atoms with E-state index in [1.807, 2.05) is 23.7 Å². The molecule has 0 bridgehead atoms. The van der Waals surface area contributed by atoms with Gasteiger partial charge in [0.25, 0.3) is 5.69 Å². The van der Waals surface area contributed by atoms with Gasteiger partial charge in [0.15, 0.2) is 0 Å². The molecule has 0 radical (unpaired) electrons. The quantitative estimate of drug-likeness (QED) is 0.520. The third kappa shape index (κ3) is 1.83. The minimum atomic E-state index is -0.404. The maximum Gasteiger partial charge on any atom is 0.271 e. The van der Waals surface area contributed by atoms with Gasteiger partial charge in [-0.1, -0.05) is 0 Å². The molecule has 0 saturated carbocycles. The molecule has 0 aliphatic rings. The van der Waals surface area contributed by atoms with Crippen LogP contribution < -0.4 is 0 Å². The Bertz CT molecular complexity index is 765. The Morgan fingerprint density at radius 1 is 1.21 bits per heavy atom. The molecule has 0 fully saturated rings. The molecular formula is C13H10N4O2. The maximum absolute atomic E-state index is 10.8. The van der Waals surface area contributed by atoms with Crippen molar-refractivity contribution in [2.45, 2.75) is 0 Å². The van der Waals surface area contributed by atoms with E-state index in [1.165, 1.54) is 12.1 Å². The average Bonchev–Trinajstić information content (AvgIpc) is 2.77. The lowest BCUT2D eigenvalue weighted by Crippen LogP contribution is -1.93. The first-order valence-corrected chi connectivity index (χ1v) is 5.68. The molecule has 6 heteroatoms. The van der Waals surface area contributed by atoms with Gasteiger partial charge in [-0.2, -0.15) is 0 Å². The first kappa shape index (κ1) is 11.3. The highest BCUT2D eigenvalue weighted by Crippen LogP contribution is 2.25. The molecule has 1 aromatic carbocycles. The number of benzene rings is 1. The first-order chi connectivity index (χ1) is 9.16. The van der Waals surface area contributed by atoms with Crippen molar-refractivity contribution in [3.63, 3.8) is 0 Å². The van der Waals surface area contributed by atoms with Crippen LogP contribution >= 0.6 is 0 Å². The summed E-state index contributed by atoms with van der Waals surface area (Å²) >= 11 is 0. The van der Waals surface area contributed by atoms with Crippen LogP contribution in [0, 0.1) is 10.1 Å². The Hall–Kier alpha value is -2.76. The summed E-state index contributed by atoms with van der Waals surface area (Å²) in [5.74, 6) is 0.762. The summed E-state index contributed by atoms with van der Waals surface area (Å²) < 4.78 is 1.84. The number of rotatable bonds is 2. The summed E-state index contributed by atoms with van der Waals surface area (Å²) in [6.07, 6.45) is 3.38. The zero-order valence-electron chi connectivity index (χ0n) is 10.1. The molecule has 0 atom stereocenters. The molecule has 94 valence electrons. The summed E-state index contributed by atoms with van der Waals surface area (Å²) in [5.41, 5.74) is 2.47. The molecule has 0 amide bonds. The maximum atomic E-state index is 10.8. The highest BCUT2D eigenvalue weighted by atomic mass is 16.6. The minimum absolute atomic E-state index is 0.0665. The summed E-state index contributed by atoms with van der Waals surface area (Å²) in [4.78, 5) is 18.9. The number of hydrogen-bond acceptors (Lipinski definition) is 4. The number of pyridine rings is 1. The van der Waals surface area contributed by atoms with Gasteiger partial charge in [-0.3, -0.25) is 15.1 Å². The lowest BCUT2D eigenvalue weighted by molar-refractivity contribution is -0.384. The van der Waals surface area contributed by atoms with Crippen molar-refractivity contribution < 1.29 is 4.92 Å². The first-order valence-electron chi connectivity index (χ1n) is 5.68. The molecule has 2 heterocycles. The predicted octanol–water partition coefficient (Wildman–Crippen LogP) is 2.54. The third-order valence-electron chi connectivity index (χ3n) is 3.01. The van der Waals surface area contributed by atoms with E-state index in [9.17, 15) is 10.1 Å². The second-order valence-electron chi connectivity index (χ2n) is 4.16. The standard InChI is InChI=1S/C13H10N4O2/c1-16-12-8-10(17(18)19)2-3-11(12)15-13(16)9-4-6-14-7-5-9/h2-8H,1H3. The van der Waals surface area contributed by atoms with Crippen molar-refractivity contribution in [3.05, 3.63) is 52.8 Å². The van der Waals surface area contributed by atoms with E-state index in [2.05, 4.69) is 9.97 Å². The lowest BCUT2D eigenvalue weighted by Gasteiger charge is -2.01. The number of nitro groups is 1. The fraction of sp³-hybridized carbons (Fsp3) is 0.0769. The third-order valence-corrected chi connectivity index (χ3v) is 3.01. The van der Waals surface area contributed by atoms with Crippen LogP contribution in [-0.4, -0.2) is 19.5 Å². The van der Waals surface area contributed by atoms with Gasteiger partial charge >= 0.3 is 0 Å². The van der Waals surface area contributed by atoms with Crippen molar-refractivity contribution in [3.8, 4) is 11.4 Å². The number of nitrogens with zero attached hydrogens (tertiary/aromatic N) is 4. The van der Waals surface area contributed by atoms with E-state index >= 15 is 0 Å². The van der Waals surface area contributed by atoms with Crippen LogP contribution in [0.4, 0.5) is 5.69 Å². The van der Waals surface area contributed by atoms with Crippen LogP contribution in [0.1, 0.15) is 0 Å². The van der Waals surface area contributed by atoms with Gasteiger partial charge in [-0.15, -0.1) is 0 Å². The second-order valence-corrected chi connectivity index (χ2v) is 4.16. The number of nitro benzene ring substituents is 1. The molecule has 0 aliphatic heterocycles. The summed E-state index contributed by atoms with van der Waals surface area (Å²) in [6, 6.07) is 8.38. The SMILES string of the molecule is Cn1c(-c2ccncc2)nc2ccc([N+](=O)[O-])cc21. The molecule has 0 aliphatic carbocycles. The fourth-order valence-corrected chi connectivity index (χ4v) is 2.05. The molecule has 19 heavy (non-hydrogen) atoms. The second kappa shape index (κ2) is 4.16. The van der Waals surface area contributed by atoms with Crippen LogP contribution in [0.15, 0.2) is 42.7 Å². The number of imidazole rings is 1. The normalized spacial score (nSPS) is 10.8. The van der Waals surface area contributed by atoms with Gasteiger partial charge in [-0.25, -0.2) is 4.98 Å². The molecule has 0 unspecified atom stereocenters. The average molecular weight is 254 g/mol.